The third-order valence-electron chi connectivity index (χ3n) is 6.75. The van der Waals surface area contributed by atoms with Crippen LogP contribution in [0.25, 0.3) is 0 Å². The molecule has 0 aromatic heterocycles. The Balaban J connectivity index is 0.00000456. The quantitative estimate of drug-likeness (QED) is 0.377. The molecule has 0 fully saturated rings. The van der Waals surface area contributed by atoms with Crippen LogP contribution in [0.1, 0.15) is 116 Å². The topological polar surface area (TPSA) is 58.6 Å². The van der Waals surface area contributed by atoms with E-state index in [0.29, 0.717) is 24.3 Å². The zero-order valence-electron chi connectivity index (χ0n) is 24.8. The van der Waals surface area contributed by atoms with Gasteiger partial charge in [-0.1, -0.05) is 107 Å². The summed E-state index contributed by atoms with van der Waals surface area (Å²) < 4.78 is 25.1. The van der Waals surface area contributed by atoms with Crippen LogP contribution in [0.4, 0.5) is 0 Å². The summed E-state index contributed by atoms with van der Waals surface area (Å²) in [5, 5.41) is 0. The van der Waals surface area contributed by atoms with Crippen molar-refractivity contribution in [3.63, 3.8) is 0 Å². The smallest absolute Gasteiger partial charge is 0.736 e. The molecule has 0 saturated carbocycles. The van der Waals surface area contributed by atoms with Crippen molar-refractivity contribution in [3.05, 3.63) is 57.6 Å². The number of hydrogen-bond donors (Lipinski definition) is 0. The van der Waals surface area contributed by atoms with E-state index in [-0.39, 0.29) is 40.5 Å². The van der Waals surface area contributed by atoms with E-state index in [1.165, 1.54) is 11.1 Å². The van der Waals surface area contributed by atoms with Crippen molar-refractivity contribution in [2.24, 2.45) is 0 Å². The normalized spacial score (nSPS) is 16.2. The molecule has 4 nitrogen and oxygen atoms in total. The summed E-state index contributed by atoms with van der Waals surface area (Å²) in [5.74, 6) is 0.843. The van der Waals surface area contributed by atoms with Crippen LogP contribution >= 0.6 is 7.82 Å². The average molecular weight is 507 g/mol. The molecule has 36 heavy (non-hydrogen) atoms. The molecule has 3 rings (SSSR count). The van der Waals surface area contributed by atoms with Crippen LogP contribution in [0.5, 0.6) is 11.5 Å². The second-order valence-electron chi connectivity index (χ2n) is 14.2. The van der Waals surface area contributed by atoms with E-state index >= 15 is 0 Å². The Morgan fingerprint density at radius 3 is 1.17 bits per heavy atom. The van der Waals surface area contributed by atoms with Gasteiger partial charge in [0.2, 0.25) is 0 Å². The van der Waals surface area contributed by atoms with E-state index in [4.69, 9.17) is 9.05 Å². The Labute approximate surface area is 231 Å². The minimum atomic E-state index is -4.70. The van der Waals surface area contributed by atoms with Crippen molar-refractivity contribution in [1.82, 2.24) is 0 Å². The van der Waals surface area contributed by atoms with Gasteiger partial charge in [-0.3, -0.25) is 0 Å². The molecule has 0 bridgehead atoms. The Kier molecular flexibility index (Phi) is 8.50. The predicted octanol–water partition coefficient (Wildman–Crippen LogP) is 4.91. The van der Waals surface area contributed by atoms with Gasteiger partial charge in [-0.05, 0) is 56.8 Å². The van der Waals surface area contributed by atoms with Crippen LogP contribution in [0.2, 0.25) is 0 Å². The van der Waals surface area contributed by atoms with Gasteiger partial charge >= 0.3 is 26.7 Å². The molecule has 0 aliphatic carbocycles. The van der Waals surface area contributed by atoms with Gasteiger partial charge in [0.05, 0.1) is 0 Å². The Bertz CT molecular complexity index is 1080. The molecule has 1 aliphatic rings. The first-order chi connectivity index (χ1) is 15.6. The maximum atomic E-state index is 13.4. The molecule has 0 atom stereocenters. The molecule has 0 saturated heterocycles. The number of fused-ring (bicyclic) bond motifs is 2. The molecule has 6 heteroatoms. The minimum Gasteiger partial charge on any atom is -0.736 e. The van der Waals surface area contributed by atoms with E-state index in [9.17, 15) is 9.46 Å². The van der Waals surface area contributed by atoms with E-state index in [2.05, 4.69) is 107 Å². The first-order valence-corrected chi connectivity index (χ1v) is 14.1. The van der Waals surface area contributed by atoms with Gasteiger partial charge in [-0.25, -0.2) is 4.57 Å². The van der Waals surface area contributed by atoms with Crippen LogP contribution in [0.15, 0.2) is 24.3 Å². The van der Waals surface area contributed by atoms with Crippen LogP contribution in [0.3, 0.4) is 0 Å². The molecule has 0 unspecified atom stereocenters. The number of phosphoric acid groups is 1. The summed E-state index contributed by atoms with van der Waals surface area (Å²) in [6.07, 6.45) is 1.33. The van der Waals surface area contributed by atoms with Crippen molar-refractivity contribution >= 4 is 7.82 Å². The molecular formula is C30H44LiO4P. The second kappa shape index (κ2) is 9.85. The molecular weight excluding hydrogens is 462 g/mol. The third kappa shape index (κ3) is 6.82. The summed E-state index contributed by atoms with van der Waals surface area (Å²) in [4.78, 5) is 13.4. The van der Waals surface area contributed by atoms with Crippen molar-refractivity contribution in [2.45, 2.75) is 118 Å². The molecule has 2 aromatic rings. The number of benzene rings is 2. The third-order valence-corrected chi connectivity index (χ3v) is 7.56. The maximum Gasteiger partial charge on any atom is 1.00 e. The average Bonchev–Trinajstić information content (AvgIpc) is 2.68. The van der Waals surface area contributed by atoms with Crippen molar-refractivity contribution < 1.29 is 37.4 Å². The monoisotopic (exact) mass is 506 g/mol. The summed E-state index contributed by atoms with van der Waals surface area (Å²) in [6.45, 7) is 25.6. The van der Waals surface area contributed by atoms with E-state index < -0.39 is 7.82 Å². The Hall–Kier alpha value is -1.17. The largest absolute Gasteiger partial charge is 1.00 e. The van der Waals surface area contributed by atoms with Crippen molar-refractivity contribution in [3.8, 4) is 11.5 Å². The number of aryl methyl sites for hydroxylation is 2. The zero-order valence-corrected chi connectivity index (χ0v) is 25.7. The van der Waals surface area contributed by atoms with E-state index in [1.807, 2.05) is 0 Å². The first kappa shape index (κ1) is 31.0. The fourth-order valence-electron chi connectivity index (χ4n) is 4.46. The van der Waals surface area contributed by atoms with Crippen molar-refractivity contribution in [2.75, 3.05) is 0 Å². The summed E-state index contributed by atoms with van der Waals surface area (Å²) >= 11 is 0. The Morgan fingerprint density at radius 1 is 0.611 bits per heavy atom. The fraction of sp³-hybridized carbons (Fsp3) is 0.600. The summed E-state index contributed by atoms with van der Waals surface area (Å²) in [6, 6.07) is 8.44. The predicted molar refractivity (Wildman–Crippen MR) is 144 cm³/mol. The number of hydrogen-bond acceptors (Lipinski definition) is 4. The molecule has 194 valence electrons. The molecule has 0 amide bonds. The van der Waals surface area contributed by atoms with Crippen LogP contribution < -0.4 is 32.8 Å². The standard InChI is InChI=1S/C30H45O4P.Li/c1-27(2,3)21-15-19-13-14-20-16-22(28(4,5)6)18-24(30(10,11)12)26(20)34-35(31,32)33-25(19)23(17-21)29(7,8)9;/h15-18H,13-14H2,1-12H3,(H,31,32);/q;+1/p-1. The van der Waals surface area contributed by atoms with E-state index in [0.717, 1.165) is 22.3 Å². The summed E-state index contributed by atoms with van der Waals surface area (Å²) in [5.41, 5.74) is 5.17. The van der Waals surface area contributed by atoms with Gasteiger partial charge in [0.1, 0.15) is 11.5 Å². The van der Waals surface area contributed by atoms with Crippen LogP contribution in [-0.4, -0.2) is 0 Å². The SMILES string of the molecule is CC(C)(C)c1cc2c(c(C(C)(C)C)c1)OP(=O)([O-])Oc1c(cc(C(C)(C)C)cc1C(C)(C)C)CC2.[Li+]. The second-order valence-corrected chi connectivity index (χ2v) is 15.4. The fourth-order valence-corrected chi connectivity index (χ4v) is 5.37. The van der Waals surface area contributed by atoms with Gasteiger partial charge in [0.25, 0.3) is 0 Å². The molecule has 0 N–H and O–H groups in total. The van der Waals surface area contributed by atoms with Crippen molar-refractivity contribution in [1.29, 1.82) is 0 Å². The maximum absolute atomic E-state index is 13.4. The van der Waals surface area contributed by atoms with Crippen LogP contribution in [-0.2, 0) is 39.1 Å². The zero-order chi connectivity index (χ0) is 26.8. The molecule has 1 aliphatic heterocycles. The molecule has 1 heterocycles. The number of rotatable bonds is 0. The van der Waals surface area contributed by atoms with Gasteiger partial charge < -0.3 is 13.9 Å². The van der Waals surface area contributed by atoms with E-state index in [1.54, 1.807) is 0 Å². The molecule has 2 aromatic carbocycles. The van der Waals surface area contributed by atoms with Gasteiger partial charge in [-0.15, -0.1) is 0 Å². The van der Waals surface area contributed by atoms with Gasteiger partial charge in [-0.2, -0.15) is 0 Å². The Morgan fingerprint density at radius 2 is 0.917 bits per heavy atom. The summed E-state index contributed by atoms with van der Waals surface area (Å²) in [7, 11) is -4.70. The first-order valence-electron chi connectivity index (χ1n) is 12.7. The van der Waals surface area contributed by atoms with Gasteiger partial charge in [0.15, 0.2) is 0 Å². The van der Waals surface area contributed by atoms with Gasteiger partial charge in [0, 0.05) is 11.1 Å². The molecule has 0 spiro atoms. The minimum absolute atomic E-state index is 0. The van der Waals surface area contributed by atoms with Crippen LogP contribution in [0, 0.1) is 0 Å². The number of phosphoric ester groups is 1. The molecule has 0 radical (unpaired) electrons.